The van der Waals surface area contributed by atoms with Gasteiger partial charge in [-0.1, -0.05) is 102 Å². The number of hydrogen-bond acceptors (Lipinski definition) is 0. The van der Waals surface area contributed by atoms with Gasteiger partial charge in [0, 0.05) is 26.5 Å². The van der Waals surface area contributed by atoms with Crippen molar-refractivity contribution in [2.75, 3.05) is 0 Å². The maximum absolute atomic E-state index is 4.61. The molecule has 2 aliphatic carbocycles. The minimum Gasteiger partial charge on any atom is -0.332 e. The monoisotopic (exact) mass is 541 g/mol. The molecule has 6 rings (SSSR count). The second-order valence-corrected chi connectivity index (χ2v) is 8.13. The van der Waals surface area contributed by atoms with Gasteiger partial charge >= 0.3 is 0 Å². The predicted molar refractivity (Wildman–Crippen MR) is 117 cm³/mol. The Morgan fingerprint density at radius 1 is 0.621 bits per heavy atom. The van der Waals surface area contributed by atoms with Gasteiger partial charge in [0.1, 0.15) is 0 Å². The van der Waals surface area contributed by atoms with Crippen molar-refractivity contribution in [3.63, 3.8) is 0 Å². The maximum atomic E-state index is 4.61. The van der Waals surface area contributed by atoms with E-state index < -0.39 is 0 Å². The van der Waals surface area contributed by atoms with Crippen LogP contribution < -0.4 is 0 Å². The first kappa shape index (κ1) is 18.6. The molecule has 0 aliphatic heterocycles. The number of fused-ring (bicyclic) bond motifs is 5. The van der Waals surface area contributed by atoms with Crippen LogP contribution in [0.4, 0.5) is 0 Å². The summed E-state index contributed by atoms with van der Waals surface area (Å²) in [5.74, 6) is 0.149. The average Bonchev–Trinajstić information content (AvgIpc) is 3.03. The fourth-order valence-corrected chi connectivity index (χ4v) is 5.64. The third kappa shape index (κ3) is 2.30. The van der Waals surface area contributed by atoms with Gasteiger partial charge in [0.15, 0.2) is 0 Å². The summed E-state index contributed by atoms with van der Waals surface area (Å²) < 4.78 is 0. The molecule has 4 aromatic rings. The molecule has 0 saturated heterocycles. The van der Waals surface area contributed by atoms with E-state index in [1.807, 2.05) is 0 Å². The molecule has 2 unspecified atom stereocenters. The third-order valence-electron chi connectivity index (χ3n) is 6.78. The fraction of sp³-hybridized carbons (Fsp3) is 0.107. The Kier molecular flexibility index (Phi) is 4.19. The first-order valence-corrected chi connectivity index (χ1v) is 9.96. The van der Waals surface area contributed by atoms with E-state index in [1.54, 1.807) is 0 Å². The maximum Gasteiger partial charge on any atom is 0.0445 e. The first-order chi connectivity index (χ1) is 13.7. The van der Waals surface area contributed by atoms with Crippen LogP contribution in [0.5, 0.6) is 0 Å². The van der Waals surface area contributed by atoms with Gasteiger partial charge in [0.05, 0.1) is 0 Å². The van der Waals surface area contributed by atoms with E-state index in [0.29, 0.717) is 0 Å². The largest absolute Gasteiger partial charge is 0.332 e. The quantitative estimate of drug-likeness (QED) is 0.229. The van der Waals surface area contributed by atoms with Crippen molar-refractivity contribution in [3.05, 3.63) is 126 Å². The van der Waals surface area contributed by atoms with Gasteiger partial charge in [-0.05, 0) is 45.9 Å². The van der Waals surface area contributed by atoms with Gasteiger partial charge in [-0.2, -0.15) is 0 Å². The standard InChI is InChI=1S/C28H21.W/c1-18-20-13-8-15-22(19-10-4-3-5-11-19)26(20)28(2)25-17-7-6-12-23(25)24-16-9-14-21(18)27(24)28;/h3-18H,1H2,2H3;/q-1;. The Morgan fingerprint density at radius 2 is 1.17 bits per heavy atom. The summed E-state index contributed by atoms with van der Waals surface area (Å²) in [7, 11) is 0. The smallest absolute Gasteiger partial charge is 0.0445 e. The van der Waals surface area contributed by atoms with E-state index in [0.717, 1.165) is 0 Å². The molecule has 1 heteroatoms. The normalized spacial score (nSPS) is 20.3. The molecule has 0 saturated carbocycles. The van der Waals surface area contributed by atoms with Gasteiger partial charge < -0.3 is 6.92 Å². The van der Waals surface area contributed by atoms with E-state index in [-0.39, 0.29) is 32.4 Å². The summed E-state index contributed by atoms with van der Waals surface area (Å²) in [4.78, 5) is 0. The zero-order valence-electron chi connectivity index (χ0n) is 16.4. The van der Waals surface area contributed by atoms with E-state index in [4.69, 9.17) is 0 Å². The summed E-state index contributed by atoms with van der Waals surface area (Å²) in [6.45, 7) is 7.03. The molecule has 0 amide bonds. The summed E-state index contributed by atoms with van der Waals surface area (Å²) >= 11 is 0. The summed E-state index contributed by atoms with van der Waals surface area (Å²) in [6, 6.07) is 33.2. The molecule has 0 fully saturated rings. The Bertz CT molecular complexity index is 1240. The van der Waals surface area contributed by atoms with Crippen LogP contribution in [0.3, 0.4) is 0 Å². The zero-order valence-corrected chi connectivity index (χ0v) is 19.3. The molecule has 2 aliphatic rings. The van der Waals surface area contributed by atoms with Crippen LogP contribution in [0, 0.1) is 6.92 Å². The van der Waals surface area contributed by atoms with Crippen LogP contribution in [-0.2, 0) is 26.5 Å². The molecular weight excluding hydrogens is 520 g/mol. The number of hydrogen-bond donors (Lipinski definition) is 0. The Morgan fingerprint density at radius 3 is 1.90 bits per heavy atom. The average molecular weight is 541 g/mol. The van der Waals surface area contributed by atoms with E-state index in [2.05, 4.69) is 105 Å². The Labute approximate surface area is 186 Å². The second-order valence-electron chi connectivity index (χ2n) is 8.13. The first-order valence-electron chi connectivity index (χ1n) is 9.96. The van der Waals surface area contributed by atoms with E-state index >= 15 is 0 Å². The summed E-state index contributed by atoms with van der Waals surface area (Å²) in [5.41, 5.74) is 12.2. The molecule has 0 bridgehead atoms. The summed E-state index contributed by atoms with van der Waals surface area (Å²) in [5, 5.41) is 0. The van der Waals surface area contributed by atoms with Gasteiger partial charge in [0.2, 0.25) is 0 Å². The van der Waals surface area contributed by atoms with Crippen molar-refractivity contribution < 1.29 is 21.1 Å². The Hall–Kier alpha value is -2.43. The summed E-state index contributed by atoms with van der Waals surface area (Å²) in [6.07, 6.45) is 0. The number of benzene rings is 4. The van der Waals surface area contributed by atoms with Gasteiger partial charge in [-0.3, -0.25) is 0 Å². The van der Waals surface area contributed by atoms with E-state index in [1.165, 1.54) is 50.1 Å². The molecule has 0 aromatic heterocycles. The minimum atomic E-state index is -0.154. The molecule has 140 valence electrons. The molecule has 0 heterocycles. The van der Waals surface area contributed by atoms with Crippen molar-refractivity contribution in [1.29, 1.82) is 0 Å². The van der Waals surface area contributed by atoms with Crippen LogP contribution in [0.1, 0.15) is 40.7 Å². The van der Waals surface area contributed by atoms with Gasteiger partial charge in [-0.25, -0.2) is 0 Å². The molecule has 0 nitrogen and oxygen atoms in total. The zero-order chi connectivity index (χ0) is 18.9. The van der Waals surface area contributed by atoms with Crippen LogP contribution in [0.25, 0.3) is 22.3 Å². The van der Waals surface area contributed by atoms with Crippen molar-refractivity contribution in [2.45, 2.75) is 18.3 Å². The molecule has 0 spiro atoms. The Balaban J connectivity index is 0.00000181. The number of rotatable bonds is 1. The molecule has 2 atom stereocenters. The van der Waals surface area contributed by atoms with Crippen LogP contribution in [0.2, 0.25) is 0 Å². The SMILES string of the molecule is [CH2-]C1c2cccc(-c3ccccc3)c2C2(C)c3ccccc3-c3cccc1c32.[W]. The second kappa shape index (κ2) is 6.54. The van der Waals surface area contributed by atoms with Crippen molar-refractivity contribution in [1.82, 2.24) is 0 Å². The van der Waals surface area contributed by atoms with Crippen molar-refractivity contribution in [2.24, 2.45) is 0 Å². The molecule has 0 radical (unpaired) electrons. The van der Waals surface area contributed by atoms with Crippen LogP contribution in [-0.4, -0.2) is 0 Å². The fourth-order valence-electron chi connectivity index (χ4n) is 5.64. The van der Waals surface area contributed by atoms with Gasteiger partial charge in [-0.15, -0.1) is 5.92 Å². The molecule has 29 heavy (non-hydrogen) atoms. The molecule has 4 aromatic carbocycles. The van der Waals surface area contributed by atoms with Crippen LogP contribution in [0.15, 0.2) is 91.0 Å². The van der Waals surface area contributed by atoms with E-state index in [9.17, 15) is 0 Å². The predicted octanol–water partition coefficient (Wildman–Crippen LogP) is 6.97. The van der Waals surface area contributed by atoms with Crippen molar-refractivity contribution >= 4 is 0 Å². The topological polar surface area (TPSA) is 0 Å². The van der Waals surface area contributed by atoms with Gasteiger partial charge in [0.25, 0.3) is 0 Å². The minimum absolute atomic E-state index is 0. The van der Waals surface area contributed by atoms with Crippen molar-refractivity contribution in [3.8, 4) is 22.3 Å². The molecule has 0 N–H and O–H groups in total. The third-order valence-corrected chi connectivity index (χ3v) is 6.78. The van der Waals surface area contributed by atoms with Crippen LogP contribution >= 0.6 is 0 Å². The molecular formula is C28H21W-.